The van der Waals surface area contributed by atoms with Crippen LogP contribution in [-0.4, -0.2) is 28.9 Å². The minimum atomic E-state index is -0.144. The molecule has 1 aliphatic carbocycles. The first-order chi connectivity index (χ1) is 14.8. The molecule has 2 heterocycles. The minimum Gasteiger partial charge on any atom is -0.506 e. The van der Waals surface area contributed by atoms with Crippen molar-refractivity contribution in [1.82, 2.24) is 0 Å². The fraction of sp³-hybridized carbons (Fsp3) is 0.261. The number of aliphatic imine (C=N–C) groups is 1. The summed E-state index contributed by atoms with van der Waals surface area (Å²) in [5, 5.41) is 13.3. The van der Waals surface area contributed by atoms with E-state index in [9.17, 15) is 14.7 Å². The lowest BCUT2D eigenvalue weighted by atomic mass is 10.1. The van der Waals surface area contributed by atoms with E-state index in [0.29, 0.717) is 48.3 Å². The standard InChI is InChI=1S/C23H19Cl2NO3S2/c1-12(15-11-30-23(22(15)29)14-4-5-16(24)17(25)9-14)26-10-19(28)21-7-6-20(31-21)18(27)8-13-2-3-13/h4-7,9,11,13,29H,2-3,8,10H2,1H3. The van der Waals surface area contributed by atoms with E-state index in [1.165, 1.54) is 22.7 Å². The number of carbonyl (C=O) groups excluding carboxylic acids is 2. The lowest BCUT2D eigenvalue weighted by Crippen LogP contribution is -2.04. The Hall–Kier alpha value is -1.99. The molecule has 1 aromatic carbocycles. The van der Waals surface area contributed by atoms with Crippen molar-refractivity contribution in [3.8, 4) is 16.2 Å². The fourth-order valence-electron chi connectivity index (χ4n) is 3.13. The maximum absolute atomic E-state index is 12.5. The highest BCUT2D eigenvalue weighted by molar-refractivity contribution is 7.16. The van der Waals surface area contributed by atoms with E-state index in [2.05, 4.69) is 4.99 Å². The summed E-state index contributed by atoms with van der Waals surface area (Å²) < 4.78 is 0. The molecule has 1 N–H and O–H groups in total. The number of aromatic hydroxyl groups is 1. The number of thiophene rings is 2. The molecule has 0 atom stereocenters. The van der Waals surface area contributed by atoms with Crippen LogP contribution < -0.4 is 0 Å². The second kappa shape index (κ2) is 9.25. The van der Waals surface area contributed by atoms with Crippen molar-refractivity contribution in [2.24, 2.45) is 10.9 Å². The van der Waals surface area contributed by atoms with Crippen LogP contribution in [0.2, 0.25) is 10.0 Å². The Morgan fingerprint density at radius 1 is 1.10 bits per heavy atom. The first-order valence-corrected chi connectivity index (χ1v) is 12.2. The molecule has 0 spiro atoms. The Morgan fingerprint density at radius 2 is 1.81 bits per heavy atom. The van der Waals surface area contributed by atoms with Gasteiger partial charge >= 0.3 is 0 Å². The number of benzene rings is 1. The van der Waals surface area contributed by atoms with Gasteiger partial charge in [-0.25, -0.2) is 0 Å². The second-order valence-electron chi connectivity index (χ2n) is 7.52. The van der Waals surface area contributed by atoms with Crippen LogP contribution in [0.25, 0.3) is 10.4 Å². The first-order valence-electron chi connectivity index (χ1n) is 9.77. The molecular weight excluding hydrogens is 473 g/mol. The Bertz CT molecular complexity index is 1190. The average Bonchev–Trinajstić information content (AvgIpc) is 3.26. The third-order valence-corrected chi connectivity index (χ3v) is 8.05. The smallest absolute Gasteiger partial charge is 0.194 e. The molecule has 1 aliphatic rings. The number of ketones is 2. The summed E-state index contributed by atoms with van der Waals surface area (Å²) in [6, 6.07) is 8.60. The summed E-state index contributed by atoms with van der Waals surface area (Å²) in [4.78, 5) is 30.9. The zero-order valence-electron chi connectivity index (χ0n) is 16.7. The van der Waals surface area contributed by atoms with Crippen molar-refractivity contribution in [3.05, 3.63) is 61.1 Å². The Kier molecular flexibility index (Phi) is 6.63. The van der Waals surface area contributed by atoms with Gasteiger partial charge in [-0.3, -0.25) is 14.6 Å². The van der Waals surface area contributed by atoms with Crippen LogP contribution >= 0.6 is 45.9 Å². The van der Waals surface area contributed by atoms with Gasteiger partial charge in [0.1, 0.15) is 12.3 Å². The predicted molar refractivity (Wildman–Crippen MR) is 129 cm³/mol. The van der Waals surface area contributed by atoms with Crippen molar-refractivity contribution in [2.75, 3.05) is 6.54 Å². The Morgan fingerprint density at radius 3 is 2.48 bits per heavy atom. The molecule has 31 heavy (non-hydrogen) atoms. The van der Waals surface area contributed by atoms with Crippen molar-refractivity contribution in [1.29, 1.82) is 0 Å². The minimum absolute atomic E-state index is 0.0417. The van der Waals surface area contributed by atoms with E-state index in [-0.39, 0.29) is 23.9 Å². The number of nitrogens with zero attached hydrogens (tertiary/aromatic N) is 1. The van der Waals surface area contributed by atoms with Gasteiger partial charge < -0.3 is 5.11 Å². The molecule has 0 aliphatic heterocycles. The molecular formula is C23H19Cl2NO3S2. The summed E-state index contributed by atoms with van der Waals surface area (Å²) in [6.07, 6.45) is 2.82. The number of Topliss-reactive ketones (excluding diaryl/α,β-unsaturated/α-hetero) is 2. The van der Waals surface area contributed by atoms with Gasteiger partial charge in [0.05, 0.1) is 24.7 Å². The third-order valence-electron chi connectivity index (χ3n) is 5.12. The number of rotatable bonds is 8. The topological polar surface area (TPSA) is 66.7 Å². The van der Waals surface area contributed by atoms with Gasteiger partial charge in [-0.05, 0) is 55.5 Å². The highest BCUT2D eigenvalue weighted by atomic mass is 35.5. The van der Waals surface area contributed by atoms with Crippen LogP contribution in [0.1, 0.15) is 51.1 Å². The monoisotopic (exact) mass is 491 g/mol. The quantitative estimate of drug-likeness (QED) is 0.268. The van der Waals surface area contributed by atoms with E-state index in [1.54, 1.807) is 42.6 Å². The summed E-state index contributed by atoms with van der Waals surface area (Å²) in [5.41, 5.74) is 1.90. The molecule has 0 bridgehead atoms. The lowest BCUT2D eigenvalue weighted by molar-refractivity contribution is 0.0978. The molecule has 0 unspecified atom stereocenters. The maximum atomic E-state index is 12.5. The van der Waals surface area contributed by atoms with Crippen LogP contribution in [0.15, 0.2) is 40.7 Å². The van der Waals surface area contributed by atoms with Crippen LogP contribution in [0, 0.1) is 5.92 Å². The van der Waals surface area contributed by atoms with E-state index < -0.39 is 0 Å². The maximum Gasteiger partial charge on any atom is 0.194 e. The van der Waals surface area contributed by atoms with E-state index in [4.69, 9.17) is 23.2 Å². The molecule has 2 aromatic heterocycles. The Balaban J connectivity index is 1.45. The largest absolute Gasteiger partial charge is 0.506 e. The normalized spacial score (nSPS) is 14.1. The Labute approximate surface area is 198 Å². The second-order valence-corrected chi connectivity index (χ2v) is 10.3. The summed E-state index contributed by atoms with van der Waals surface area (Å²) >= 11 is 14.7. The SMILES string of the molecule is CC(=NCC(=O)c1ccc(C(=O)CC2CC2)s1)c1csc(-c2ccc(Cl)c(Cl)c2)c1O. The summed E-state index contributed by atoms with van der Waals surface area (Å²) in [5.74, 6) is 0.591. The molecule has 3 aromatic rings. The number of hydrogen-bond acceptors (Lipinski definition) is 6. The molecule has 4 nitrogen and oxygen atoms in total. The molecule has 160 valence electrons. The van der Waals surface area contributed by atoms with Crippen molar-refractivity contribution in [3.63, 3.8) is 0 Å². The van der Waals surface area contributed by atoms with Gasteiger partial charge in [-0.2, -0.15) is 0 Å². The van der Waals surface area contributed by atoms with Gasteiger partial charge in [-0.1, -0.05) is 29.3 Å². The van der Waals surface area contributed by atoms with Gasteiger partial charge in [0.2, 0.25) is 0 Å². The van der Waals surface area contributed by atoms with Crippen LogP contribution in [-0.2, 0) is 0 Å². The number of carbonyl (C=O) groups is 2. The van der Waals surface area contributed by atoms with Crippen molar-refractivity contribution < 1.29 is 14.7 Å². The van der Waals surface area contributed by atoms with Crippen LogP contribution in [0.5, 0.6) is 5.75 Å². The third kappa shape index (κ3) is 5.09. The molecule has 8 heteroatoms. The molecule has 4 rings (SSSR count). The summed E-state index contributed by atoms with van der Waals surface area (Å²) in [6.45, 7) is 1.71. The van der Waals surface area contributed by atoms with Crippen LogP contribution in [0.4, 0.5) is 0 Å². The number of halogens is 2. The van der Waals surface area contributed by atoms with Gasteiger partial charge in [0.15, 0.2) is 11.6 Å². The average molecular weight is 492 g/mol. The van der Waals surface area contributed by atoms with Crippen molar-refractivity contribution in [2.45, 2.75) is 26.2 Å². The zero-order chi connectivity index (χ0) is 22.1. The molecule has 0 saturated heterocycles. The van der Waals surface area contributed by atoms with E-state index in [0.717, 1.165) is 18.4 Å². The molecule has 0 radical (unpaired) electrons. The molecule has 1 saturated carbocycles. The first kappa shape index (κ1) is 22.2. The van der Waals surface area contributed by atoms with Gasteiger partial charge in [-0.15, -0.1) is 22.7 Å². The van der Waals surface area contributed by atoms with Crippen molar-refractivity contribution >= 4 is 63.2 Å². The van der Waals surface area contributed by atoms with Gasteiger partial charge in [0.25, 0.3) is 0 Å². The molecule has 0 amide bonds. The summed E-state index contributed by atoms with van der Waals surface area (Å²) in [7, 11) is 0. The fourth-order valence-corrected chi connectivity index (χ4v) is 5.31. The predicted octanol–water partition coefficient (Wildman–Crippen LogP) is 7.16. The highest BCUT2D eigenvalue weighted by Crippen LogP contribution is 2.40. The van der Waals surface area contributed by atoms with Crippen LogP contribution in [0.3, 0.4) is 0 Å². The van der Waals surface area contributed by atoms with E-state index in [1.807, 2.05) is 0 Å². The zero-order valence-corrected chi connectivity index (χ0v) is 19.8. The lowest BCUT2D eigenvalue weighted by Gasteiger charge is -2.03. The van der Waals surface area contributed by atoms with Gasteiger partial charge in [0, 0.05) is 23.1 Å². The van der Waals surface area contributed by atoms with E-state index >= 15 is 0 Å². The molecule has 1 fully saturated rings. The highest BCUT2D eigenvalue weighted by Gasteiger charge is 2.26. The number of hydrogen-bond donors (Lipinski definition) is 1.